The summed E-state index contributed by atoms with van der Waals surface area (Å²) >= 11 is 0. The molecule has 9 atom stereocenters. The highest BCUT2D eigenvalue weighted by molar-refractivity contribution is 5.13. The van der Waals surface area contributed by atoms with Crippen LogP contribution in [-0.2, 0) is 39.8 Å². The highest BCUT2D eigenvalue weighted by Crippen LogP contribution is 2.40. The minimum atomic E-state index is -0.797. The lowest BCUT2D eigenvalue weighted by molar-refractivity contribution is -0.323. The van der Waals surface area contributed by atoms with Crippen LogP contribution in [0, 0.1) is 5.92 Å². The largest absolute Gasteiger partial charge is 0.390 e. The van der Waals surface area contributed by atoms with Crippen LogP contribution in [0.25, 0.3) is 0 Å². The van der Waals surface area contributed by atoms with E-state index in [-0.39, 0.29) is 18.6 Å². The summed E-state index contributed by atoms with van der Waals surface area (Å²) in [6.45, 7) is 12.2. The van der Waals surface area contributed by atoms with E-state index in [9.17, 15) is 5.11 Å². The SMILES string of the molecule is C=CCO[C@@H]1O[C@H](C)[C@H](O[C@@H]2OC[C@@H](OCc3ccccc3)C(O)C2C)C2OC(C)(C)OC21. The second-order valence-corrected chi connectivity index (χ2v) is 9.38. The fourth-order valence-electron chi connectivity index (χ4n) is 4.58. The van der Waals surface area contributed by atoms with Crippen molar-refractivity contribution in [3.8, 4) is 0 Å². The zero-order valence-corrected chi connectivity index (χ0v) is 19.8. The van der Waals surface area contributed by atoms with Gasteiger partial charge in [0, 0.05) is 5.92 Å². The van der Waals surface area contributed by atoms with Gasteiger partial charge >= 0.3 is 0 Å². The average molecular weight is 465 g/mol. The van der Waals surface area contributed by atoms with Crippen molar-refractivity contribution >= 4 is 0 Å². The van der Waals surface area contributed by atoms with Crippen LogP contribution in [0.1, 0.15) is 33.3 Å². The van der Waals surface area contributed by atoms with E-state index < -0.39 is 48.9 Å². The molecule has 0 radical (unpaired) electrons. The Balaban J connectivity index is 1.38. The topological polar surface area (TPSA) is 84.8 Å². The fraction of sp³-hybridized carbons (Fsp3) is 0.680. The summed E-state index contributed by atoms with van der Waals surface area (Å²) in [5, 5.41) is 10.9. The van der Waals surface area contributed by atoms with E-state index in [1.165, 1.54) is 0 Å². The third-order valence-corrected chi connectivity index (χ3v) is 6.32. The molecule has 0 saturated carbocycles. The highest BCUT2D eigenvalue weighted by atomic mass is 16.8. The molecule has 8 heteroatoms. The summed E-state index contributed by atoms with van der Waals surface area (Å²) in [7, 11) is 0. The van der Waals surface area contributed by atoms with Gasteiger partial charge in [-0.25, -0.2) is 0 Å². The molecule has 0 amide bonds. The Morgan fingerprint density at radius 3 is 2.55 bits per heavy atom. The summed E-state index contributed by atoms with van der Waals surface area (Å²) in [6, 6.07) is 9.86. The van der Waals surface area contributed by atoms with Gasteiger partial charge in [-0.05, 0) is 26.3 Å². The van der Waals surface area contributed by atoms with Gasteiger partial charge in [-0.15, -0.1) is 6.58 Å². The molecular weight excluding hydrogens is 428 g/mol. The van der Waals surface area contributed by atoms with Crippen LogP contribution in [0.4, 0.5) is 0 Å². The van der Waals surface area contributed by atoms with Crippen molar-refractivity contribution < 1.29 is 38.3 Å². The van der Waals surface area contributed by atoms with Crippen LogP contribution in [0.5, 0.6) is 0 Å². The Labute approximate surface area is 195 Å². The summed E-state index contributed by atoms with van der Waals surface area (Å²) in [5.74, 6) is -1.11. The van der Waals surface area contributed by atoms with Crippen LogP contribution < -0.4 is 0 Å². The third kappa shape index (κ3) is 5.66. The second kappa shape index (κ2) is 10.5. The molecule has 0 bridgehead atoms. The first-order chi connectivity index (χ1) is 15.8. The monoisotopic (exact) mass is 464 g/mol. The second-order valence-electron chi connectivity index (χ2n) is 9.38. The van der Waals surface area contributed by atoms with Crippen LogP contribution in [-0.4, -0.2) is 73.3 Å². The van der Waals surface area contributed by atoms with Gasteiger partial charge in [-0.2, -0.15) is 0 Å². The van der Waals surface area contributed by atoms with Crippen molar-refractivity contribution in [1.29, 1.82) is 0 Å². The molecule has 4 rings (SSSR count). The maximum Gasteiger partial charge on any atom is 0.187 e. The third-order valence-electron chi connectivity index (χ3n) is 6.32. The molecule has 1 aromatic carbocycles. The van der Waals surface area contributed by atoms with Crippen LogP contribution in [0.3, 0.4) is 0 Å². The lowest BCUT2D eigenvalue weighted by atomic mass is 9.95. The summed E-state index contributed by atoms with van der Waals surface area (Å²) in [6.07, 6.45) is -2.37. The molecule has 1 N–H and O–H groups in total. The number of benzene rings is 1. The summed E-state index contributed by atoms with van der Waals surface area (Å²) in [4.78, 5) is 0. The zero-order valence-electron chi connectivity index (χ0n) is 19.8. The molecule has 3 heterocycles. The number of ether oxygens (including phenoxy) is 7. The maximum absolute atomic E-state index is 10.9. The molecule has 8 nitrogen and oxygen atoms in total. The Kier molecular flexibility index (Phi) is 7.87. The van der Waals surface area contributed by atoms with Gasteiger partial charge in [0.1, 0.15) is 24.4 Å². The van der Waals surface area contributed by atoms with Crippen LogP contribution in [0.15, 0.2) is 43.0 Å². The first-order valence-corrected chi connectivity index (χ1v) is 11.6. The molecule has 3 aliphatic rings. The van der Waals surface area contributed by atoms with Crippen LogP contribution in [0.2, 0.25) is 0 Å². The number of aliphatic hydroxyl groups is 1. The molecule has 0 spiro atoms. The minimum absolute atomic E-state index is 0.229. The molecule has 33 heavy (non-hydrogen) atoms. The number of hydrogen-bond acceptors (Lipinski definition) is 8. The van der Waals surface area contributed by atoms with Crippen molar-refractivity contribution in [2.24, 2.45) is 5.92 Å². The van der Waals surface area contributed by atoms with Gasteiger partial charge in [-0.1, -0.05) is 43.3 Å². The molecule has 1 aromatic rings. The Hall–Kier alpha value is -1.36. The first-order valence-electron chi connectivity index (χ1n) is 11.6. The first kappa shape index (κ1) is 24.8. The standard InChI is InChI=1S/C25H36O8/c1-6-12-27-24-22-21(32-25(4,5)33-22)20(16(3)30-24)31-23-15(2)19(26)18(14-29-23)28-13-17-10-8-7-9-11-17/h6-11,15-16,18-24,26H,1,12-14H2,2-5H3/t15?,16-,18-,19?,20+,21?,22?,23+,24-/m1/s1. The summed E-state index contributed by atoms with van der Waals surface area (Å²) in [5.41, 5.74) is 1.05. The predicted molar refractivity (Wildman–Crippen MR) is 119 cm³/mol. The van der Waals surface area contributed by atoms with Gasteiger partial charge in [-0.3, -0.25) is 0 Å². The van der Waals surface area contributed by atoms with Crippen molar-refractivity contribution in [2.75, 3.05) is 13.2 Å². The van der Waals surface area contributed by atoms with Gasteiger partial charge in [0.05, 0.1) is 32.0 Å². The van der Waals surface area contributed by atoms with E-state index in [4.69, 9.17) is 33.2 Å². The van der Waals surface area contributed by atoms with Gasteiger partial charge in [0.25, 0.3) is 0 Å². The average Bonchev–Trinajstić information content (AvgIpc) is 3.12. The number of fused-ring (bicyclic) bond motifs is 1. The number of hydrogen-bond donors (Lipinski definition) is 1. The van der Waals surface area contributed by atoms with Crippen LogP contribution >= 0.6 is 0 Å². The van der Waals surface area contributed by atoms with E-state index in [0.29, 0.717) is 13.2 Å². The molecule has 4 unspecified atom stereocenters. The lowest BCUT2D eigenvalue weighted by Gasteiger charge is -2.44. The Morgan fingerprint density at radius 2 is 1.82 bits per heavy atom. The van der Waals surface area contributed by atoms with E-state index in [2.05, 4.69) is 6.58 Å². The molecular formula is C25H36O8. The molecule has 3 saturated heterocycles. The van der Waals surface area contributed by atoms with Crippen molar-refractivity contribution in [3.05, 3.63) is 48.6 Å². The number of rotatable bonds is 8. The quantitative estimate of drug-likeness (QED) is 0.588. The lowest BCUT2D eigenvalue weighted by Crippen LogP contribution is -2.59. The zero-order chi connectivity index (χ0) is 23.6. The molecule has 3 aliphatic heterocycles. The van der Waals surface area contributed by atoms with E-state index in [0.717, 1.165) is 5.56 Å². The van der Waals surface area contributed by atoms with E-state index in [1.54, 1.807) is 6.08 Å². The maximum atomic E-state index is 10.9. The Morgan fingerprint density at radius 1 is 1.09 bits per heavy atom. The van der Waals surface area contributed by atoms with E-state index in [1.807, 2.05) is 58.0 Å². The molecule has 3 fully saturated rings. The van der Waals surface area contributed by atoms with Crippen molar-refractivity contribution in [1.82, 2.24) is 0 Å². The molecule has 0 aromatic heterocycles. The Bertz CT molecular complexity index is 771. The smallest absolute Gasteiger partial charge is 0.187 e. The van der Waals surface area contributed by atoms with Gasteiger partial charge < -0.3 is 38.3 Å². The van der Waals surface area contributed by atoms with Crippen molar-refractivity contribution in [3.63, 3.8) is 0 Å². The van der Waals surface area contributed by atoms with E-state index >= 15 is 0 Å². The van der Waals surface area contributed by atoms with Gasteiger partial charge in [0.2, 0.25) is 0 Å². The predicted octanol–water partition coefficient (Wildman–Crippen LogP) is 2.78. The van der Waals surface area contributed by atoms with Gasteiger partial charge in [0.15, 0.2) is 18.4 Å². The van der Waals surface area contributed by atoms with Crippen molar-refractivity contribution in [2.45, 2.75) is 89.3 Å². The normalized spacial score (nSPS) is 40.3. The fourth-order valence-corrected chi connectivity index (χ4v) is 4.58. The molecule has 0 aliphatic carbocycles. The molecule has 184 valence electrons. The summed E-state index contributed by atoms with van der Waals surface area (Å²) < 4.78 is 42.4. The minimum Gasteiger partial charge on any atom is -0.390 e. The highest BCUT2D eigenvalue weighted by Gasteiger charge is 2.56. The number of aliphatic hydroxyl groups excluding tert-OH is 1.